The number of ether oxygens (including phenoxy) is 1. The zero-order valence-electron chi connectivity index (χ0n) is 18.4. The molecular formula is C27H28N2O4. The number of rotatable bonds is 9. The van der Waals surface area contributed by atoms with Gasteiger partial charge in [-0.25, -0.2) is 4.79 Å². The summed E-state index contributed by atoms with van der Waals surface area (Å²) < 4.78 is 5.78. The maximum atomic E-state index is 12.8. The molecule has 0 bridgehead atoms. The molecule has 33 heavy (non-hydrogen) atoms. The zero-order chi connectivity index (χ0) is 23.0. The predicted octanol–water partition coefficient (Wildman–Crippen LogP) is 4.24. The van der Waals surface area contributed by atoms with Crippen LogP contribution in [0.15, 0.2) is 78.9 Å². The Morgan fingerprint density at radius 1 is 0.909 bits per heavy atom. The van der Waals surface area contributed by atoms with Crippen LogP contribution in [0.1, 0.15) is 39.9 Å². The Labute approximate surface area is 193 Å². The highest BCUT2D eigenvalue weighted by atomic mass is 16.5. The second-order valence-electron chi connectivity index (χ2n) is 8.27. The number of hydrogen-bond donors (Lipinski definition) is 2. The number of benzene rings is 3. The van der Waals surface area contributed by atoms with E-state index in [0.29, 0.717) is 13.2 Å². The minimum atomic E-state index is -0.943. The fraction of sp³-hybridized carbons (Fsp3) is 0.259. The average molecular weight is 445 g/mol. The van der Waals surface area contributed by atoms with Gasteiger partial charge in [0.15, 0.2) is 0 Å². The molecule has 1 aliphatic heterocycles. The summed E-state index contributed by atoms with van der Waals surface area (Å²) in [6, 6.07) is 24.5. The molecule has 1 atom stereocenters. The molecule has 0 spiro atoms. The summed E-state index contributed by atoms with van der Waals surface area (Å²) in [7, 11) is 0. The quantitative estimate of drug-likeness (QED) is 0.516. The van der Waals surface area contributed by atoms with Crippen LogP contribution in [0.5, 0.6) is 5.75 Å². The molecule has 1 saturated heterocycles. The van der Waals surface area contributed by atoms with Gasteiger partial charge in [0.25, 0.3) is 0 Å². The molecule has 3 aromatic carbocycles. The number of hydrogen-bond acceptors (Lipinski definition) is 4. The standard InChI is InChI=1S/C27H28N2O4/c30-26(25-7-4-16-29(25)18-21-5-2-1-3-6-21)28-17-20-10-14-24(15-11-20)33-19-22-8-12-23(13-9-22)27(31)32/h1-3,5-6,8-15,25H,4,7,16-19H2,(H,28,30)(H,31,32)/t25-/m0/s1. The first-order valence-corrected chi connectivity index (χ1v) is 11.2. The van der Waals surface area contributed by atoms with Gasteiger partial charge < -0.3 is 15.2 Å². The van der Waals surface area contributed by atoms with Gasteiger partial charge in [-0.15, -0.1) is 0 Å². The van der Waals surface area contributed by atoms with Crippen LogP contribution in [0, 0.1) is 0 Å². The number of carbonyl (C=O) groups is 2. The summed E-state index contributed by atoms with van der Waals surface area (Å²) in [5.74, 6) is -0.146. The number of nitrogens with one attached hydrogen (secondary N) is 1. The Balaban J connectivity index is 1.24. The van der Waals surface area contributed by atoms with Gasteiger partial charge in [0.2, 0.25) is 5.91 Å². The average Bonchev–Trinajstić information content (AvgIpc) is 3.31. The van der Waals surface area contributed by atoms with Crippen LogP contribution in [0.2, 0.25) is 0 Å². The molecule has 1 fully saturated rings. The van der Waals surface area contributed by atoms with Gasteiger partial charge >= 0.3 is 5.97 Å². The normalized spacial score (nSPS) is 15.8. The first-order chi connectivity index (χ1) is 16.1. The molecule has 0 aliphatic carbocycles. The maximum absolute atomic E-state index is 12.8. The van der Waals surface area contributed by atoms with E-state index in [-0.39, 0.29) is 17.5 Å². The van der Waals surface area contributed by atoms with Crippen molar-refractivity contribution in [3.05, 3.63) is 101 Å². The van der Waals surface area contributed by atoms with Crippen LogP contribution in [0.4, 0.5) is 0 Å². The van der Waals surface area contributed by atoms with Crippen LogP contribution in [0.3, 0.4) is 0 Å². The van der Waals surface area contributed by atoms with Gasteiger partial charge in [0, 0.05) is 13.1 Å². The third kappa shape index (κ3) is 6.20. The molecule has 1 amide bonds. The van der Waals surface area contributed by atoms with E-state index in [2.05, 4.69) is 22.3 Å². The molecule has 6 heteroatoms. The van der Waals surface area contributed by atoms with Crippen LogP contribution >= 0.6 is 0 Å². The van der Waals surface area contributed by atoms with E-state index >= 15 is 0 Å². The summed E-state index contributed by atoms with van der Waals surface area (Å²) in [5, 5.41) is 12.0. The van der Waals surface area contributed by atoms with E-state index in [4.69, 9.17) is 9.84 Å². The number of nitrogens with zero attached hydrogens (tertiary/aromatic N) is 1. The molecule has 0 radical (unpaired) electrons. The highest BCUT2D eigenvalue weighted by molar-refractivity contribution is 5.87. The number of carboxylic acids is 1. The number of likely N-dealkylation sites (tertiary alicyclic amines) is 1. The monoisotopic (exact) mass is 444 g/mol. The minimum Gasteiger partial charge on any atom is -0.489 e. The van der Waals surface area contributed by atoms with Gasteiger partial charge in [0.05, 0.1) is 11.6 Å². The van der Waals surface area contributed by atoms with Gasteiger partial charge in [-0.1, -0.05) is 54.6 Å². The fourth-order valence-electron chi connectivity index (χ4n) is 4.05. The first-order valence-electron chi connectivity index (χ1n) is 11.2. The highest BCUT2D eigenvalue weighted by Crippen LogP contribution is 2.21. The van der Waals surface area contributed by atoms with Crippen LogP contribution < -0.4 is 10.1 Å². The van der Waals surface area contributed by atoms with E-state index in [1.807, 2.05) is 42.5 Å². The minimum absolute atomic E-state index is 0.0774. The highest BCUT2D eigenvalue weighted by Gasteiger charge is 2.30. The Kier molecular flexibility index (Phi) is 7.37. The van der Waals surface area contributed by atoms with Crippen molar-refractivity contribution in [3.63, 3.8) is 0 Å². The zero-order valence-corrected chi connectivity index (χ0v) is 18.4. The third-order valence-electron chi connectivity index (χ3n) is 5.89. The smallest absolute Gasteiger partial charge is 0.335 e. The van der Waals surface area contributed by atoms with Gasteiger partial charge in [0.1, 0.15) is 12.4 Å². The maximum Gasteiger partial charge on any atom is 0.335 e. The molecule has 6 nitrogen and oxygen atoms in total. The van der Waals surface area contributed by atoms with E-state index in [0.717, 1.165) is 42.8 Å². The van der Waals surface area contributed by atoms with Crippen molar-refractivity contribution in [2.75, 3.05) is 6.54 Å². The Hall–Kier alpha value is -3.64. The summed E-state index contributed by atoms with van der Waals surface area (Å²) in [5.41, 5.74) is 3.39. The van der Waals surface area contributed by atoms with Gasteiger partial charge in [-0.2, -0.15) is 0 Å². The molecule has 1 aliphatic rings. The van der Waals surface area contributed by atoms with Crippen LogP contribution in [-0.4, -0.2) is 34.5 Å². The number of carbonyl (C=O) groups excluding carboxylic acids is 1. The topological polar surface area (TPSA) is 78.9 Å². The molecule has 0 saturated carbocycles. The van der Waals surface area contributed by atoms with Crippen LogP contribution in [0.25, 0.3) is 0 Å². The number of carboxylic acid groups (broad SMARTS) is 1. The van der Waals surface area contributed by atoms with Crippen LogP contribution in [-0.2, 0) is 24.5 Å². The second kappa shape index (κ2) is 10.8. The Morgan fingerprint density at radius 2 is 1.61 bits per heavy atom. The summed E-state index contributed by atoms with van der Waals surface area (Å²) >= 11 is 0. The second-order valence-corrected chi connectivity index (χ2v) is 8.27. The van der Waals surface area contributed by atoms with E-state index < -0.39 is 5.97 Å². The molecule has 1 heterocycles. The lowest BCUT2D eigenvalue weighted by molar-refractivity contribution is -0.125. The van der Waals surface area contributed by atoms with E-state index in [1.54, 1.807) is 24.3 Å². The van der Waals surface area contributed by atoms with E-state index in [9.17, 15) is 9.59 Å². The van der Waals surface area contributed by atoms with Crippen molar-refractivity contribution < 1.29 is 19.4 Å². The SMILES string of the molecule is O=C(O)c1ccc(COc2ccc(CNC(=O)[C@@H]3CCCN3Cc3ccccc3)cc2)cc1. The Morgan fingerprint density at radius 3 is 2.30 bits per heavy atom. The van der Waals surface area contributed by atoms with Gasteiger partial charge in [-0.3, -0.25) is 9.69 Å². The van der Waals surface area contributed by atoms with Crippen molar-refractivity contribution in [1.82, 2.24) is 10.2 Å². The molecular weight excluding hydrogens is 416 g/mol. The molecule has 170 valence electrons. The molecule has 2 N–H and O–H groups in total. The van der Waals surface area contributed by atoms with Gasteiger partial charge in [-0.05, 0) is 60.3 Å². The van der Waals surface area contributed by atoms with Crippen molar-refractivity contribution in [1.29, 1.82) is 0 Å². The summed E-state index contributed by atoms with van der Waals surface area (Å²) in [6.45, 7) is 2.57. The summed E-state index contributed by atoms with van der Waals surface area (Å²) in [6.07, 6.45) is 1.93. The first kappa shape index (κ1) is 22.6. The molecule has 0 unspecified atom stereocenters. The predicted molar refractivity (Wildman–Crippen MR) is 126 cm³/mol. The third-order valence-corrected chi connectivity index (χ3v) is 5.89. The number of aromatic carboxylic acids is 1. The Bertz CT molecular complexity index is 1070. The van der Waals surface area contributed by atoms with E-state index in [1.165, 1.54) is 5.56 Å². The lowest BCUT2D eigenvalue weighted by atomic mass is 10.1. The van der Waals surface area contributed by atoms with Crippen molar-refractivity contribution in [2.45, 2.75) is 38.6 Å². The lowest BCUT2D eigenvalue weighted by Crippen LogP contribution is -2.42. The fourth-order valence-corrected chi connectivity index (χ4v) is 4.05. The molecule has 4 rings (SSSR count). The molecule has 3 aromatic rings. The van der Waals surface area contributed by atoms with Crippen molar-refractivity contribution >= 4 is 11.9 Å². The largest absolute Gasteiger partial charge is 0.489 e. The molecule has 0 aromatic heterocycles. The lowest BCUT2D eigenvalue weighted by Gasteiger charge is -2.23. The number of amides is 1. The van der Waals surface area contributed by atoms with Crippen molar-refractivity contribution in [3.8, 4) is 5.75 Å². The summed E-state index contributed by atoms with van der Waals surface area (Å²) in [4.78, 5) is 26.0. The van der Waals surface area contributed by atoms with Crippen molar-refractivity contribution in [2.24, 2.45) is 0 Å².